The van der Waals surface area contributed by atoms with Gasteiger partial charge < -0.3 is 14.6 Å². The number of carboxylic acid groups (broad SMARTS) is 1. The maximum atomic E-state index is 12.5. The Morgan fingerprint density at radius 3 is 2.22 bits per heavy atom. The Morgan fingerprint density at radius 1 is 1.04 bits per heavy atom. The average molecular weight is 322 g/mol. The van der Waals surface area contributed by atoms with Crippen LogP contribution < -0.4 is 0 Å². The molecule has 0 aromatic heterocycles. The van der Waals surface area contributed by atoms with Crippen molar-refractivity contribution in [3.63, 3.8) is 0 Å². The molecule has 0 heterocycles. The van der Waals surface area contributed by atoms with Crippen LogP contribution in [0.2, 0.25) is 0 Å². The van der Waals surface area contributed by atoms with Crippen molar-refractivity contribution in [3.8, 4) is 0 Å². The van der Waals surface area contributed by atoms with Gasteiger partial charge in [-0.2, -0.15) is 0 Å². The van der Waals surface area contributed by atoms with Gasteiger partial charge in [0.1, 0.15) is 5.60 Å². The zero-order valence-corrected chi connectivity index (χ0v) is 13.5. The summed E-state index contributed by atoms with van der Waals surface area (Å²) in [4.78, 5) is 36.3. The van der Waals surface area contributed by atoms with Gasteiger partial charge in [-0.15, -0.1) is 0 Å². The van der Waals surface area contributed by atoms with Crippen molar-refractivity contribution in [2.75, 3.05) is 7.11 Å². The monoisotopic (exact) mass is 322 g/mol. The molecule has 6 nitrogen and oxygen atoms in total. The number of carbonyl (C=O) groups is 3. The maximum Gasteiger partial charge on any atom is 0.330 e. The van der Waals surface area contributed by atoms with E-state index < -0.39 is 34.3 Å². The fourth-order valence-electron chi connectivity index (χ4n) is 6.07. The van der Waals surface area contributed by atoms with Crippen molar-refractivity contribution in [1.82, 2.24) is 0 Å². The van der Waals surface area contributed by atoms with Crippen LogP contribution in [0.5, 0.6) is 0 Å². The largest absolute Gasteiger partial charge is 0.481 e. The second-order valence-electron chi connectivity index (χ2n) is 8.04. The summed E-state index contributed by atoms with van der Waals surface area (Å²) in [7, 11) is 1.32. The van der Waals surface area contributed by atoms with Crippen molar-refractivity contribution >= 4 is 17.9 Å². The van der Waals surface area contributed by atoms with Crippen molar-refractivity contribution < 1.29 is 29.0 Å². The lowest BCUT2D eigenvalue weighted by Crippen LogP contribution is -2.68. The summed E-state index contributed by atoms with van der Waals surface area (Å²) < 4.78 is 10.6. The lowest BCUT2D eigenvalue weighted by molar-refractivity contribution is -0.247. The second kappa shape index (κ2) is 4.58. The summed E-state index contributed by atoms with van der Waals surface area (Å²) in [5, 5.41) is 9.86. The van der Waals surface area contributed by atoms with E-state index in [1.54, 1.807) is 0 Å². The van der Waals surface area contributed by atoms with Crippen LogP contribution in [0.3, 0.4) is 0 Å². The van der Waals surface area contributed by atoms with Crippen molar-refractivity contribution in [3.05, 3.63) is 12.7 Å². The standard InChI is InChI=1S/C17H22O6/c1-4-11(18)23-17-7-14(2)5-15(9-17,12(19)20)8-16(6-14,10-17)13(21)22-3/h4H,1,5-10H2,2-3H3,(H,19,20). The Morgan fingerprint density at radius 2 is 1.65 bits per heavy atom. The van der Waals surface area contributed by atoms with Crippen LogP contribution in [-0.2, 0) is 23.9 Å². The molecule has 4 aliphatic carbocycles. The molecule has 0 aromatic carbocycles. The summed E-state index contributed by atoms with van der Waals surface area (Å²) in [6, 6.07) is 0. The quantitative estimate of drug-likeness (QED) is 0.629. The smallest absolute Gasteiger partial charge is 0.330 e. The van der Waals surface area contributed by atoms with Crippen LogP contribution in [0, 0.1) is 16.2 Å². The fraction of sp³-hybridized carbons (Fsp3) is 0.706. The molecular formula is C17H22O6. The maximum absolute atomic E-state index is 12.5. The molecule has 4 aliphatic rings. The molecule has 126 valence electrons. The second-order valence-corrected chi connectivity index (χ2v) is 8.04. The number of hydrogen-bond donors (Lipinski definition) is 1. The molecule has 4 atom stereocenters. The van der Waals surface area contributed by atoms with Gasteiger partial charge in [-0.25, -0.2) is 4.79 Å². The third-order valence-corrected chi connectivity index (χ3v) is 5.83. The van der Waals surface area contributed by atoms with Gasteiger partial charge in [-0.1, -0.05) is 13.5 Å². The molecular weight excluding hydrogens is 300 g/mol. The van der Waals surface area contributed by atoms with E-state index in [1.807, 2.05) is 6.92 Å². The molecule has 1 N–H and O–H groups in total. The molecule has 0 saturated heterocycles. The Kier molecular flexibility index (Phi) is 3.19. The zero-order chi connectivity index (χ0) is 17.1. The van der Waals surface area contributed by atoms with Gasteiger partial charge in [0.25, 0.3) is 0 Å². The van der Waals surface area contributed by atoms with E-state index in [9.17, 15) is 19.5 Å². The molecule has 4 unspecified atom stereocenters. The van der Waals surface area contributed by atoms with Crippen molar-refractivity contribution in [2.45, 2.75) is 51.0 Å². The van der Waals surface area contributed by atoms with Crippen LogP contribution >= 0.6 is 0 Å². The first-order valence-corrected chi connectivity index (χ1v) is 7.80. The Hall–Kier alpha value is -1.85. The van der Waals surface area contributed by atoms with Crippen LogP contribution in [0.25, 0.3) is 0 Å². The molecule has 4 bridgehead atoms. The number of ether oxygens (including phenoxy) is 2. The van der Waals surface area contributed by atoms with Crippen LogP contribution in [-0.4, -0.2) is 35.7 Å². The van der Waals surface area contributed by atoms with E-state index >= 15 is 0 Å². The van der Waals surface area contributed by atoms with E-state index in [2.05, 4.69) is 6.58 Å². The summed E-state index contributed by atoms with van der Waals surface area (Å²) >= 11 is 0. The molecule has 4 rings (SSSR count). The predicted molar refractivity (Wildman–Crippen MR) is 79.3 cm³/mol. The average Bonchev–Trinajstić information content (AvgIpc) is 2.42. The highest BCUT2D eigenvalue weighted by molar-refractivity contribution is 5.84. The van der Waals surface area contributed by atoms with Gasteiger partial charge in [0.15, 0.2) is 0 Å². The SMILES string of the molecule is C=CC(=O)OC12CC3(C)CC(C(=O)O)(C1)CC(C(=O)OC)(C3)C2. The van der Waals surface area contributed by atoms with E-state index in [4.69, 9.17) is 9.47 Å². The highest BCUT2D eigenvalue weighted by Crippen LogP contribution is 2.72. The molecule has 0 radical (unpaired) electrons. The number of carboxylic acids is 1. The van der Waals surface area contributed by atoms with Gasteiger partial charge in [0, 0.05) is 18.9 Å². The lowest BCUT2D eigenvalue weighted by Gasteiger charge is -2.66. The summed E-state index contributed by atoms with van der Waals surface area (Å²) in [6.07, 6.45) is 3.58. The van der Waals surface area contributed by atoms with Gasteiger partial charge in [0.2, 0.25) is 0 Å². The minimum Gasteiger partial charge on any atom is -0.481 e. The van der Waals surface area contributed by atoms with E-state index in [0.717, 1.165) is 6.08 Å². The molecule has 4 saturated carbocycles. The third kappa shape index (κ3) is 2.18. The lowest BCUT2D eigenvalue weighted by atomic mass is 9.38. The number of aliphatic carboxylic acids is 1. The highest BCUT2D eigenvalue weighted by Gasteiger charge is 2.73. The third-order valence-electron chi connectivity index (χ3n) is 5.83. The molecule has 23 heavy (non-hydrogen) atoms. The minimum atomic E-state index is -1.04. The van der Waals surface area contributed by atoms with E-state index in [0.29, 0.717) is 25.7 Å². The Balaban J connectivity index is 2.11. The molecule has 0 aliphatic heterocycles. The minimum absolute atomic E-state index is 0.253. The fourth-order valence-corrected chi connectivity index (χ4v) is 6.07. The highest BCUT2D eigenvalue weighted by atomic mass is 16.6. The molecule has 4 fully saturated rings. The number of hydrogen-bond acceptors (Lipinski definition) is 5. The van der Waals surface area contributed by atoms with Crippen LogP contribution in [0.4, 0.5) is 0 Å². The predicted octanol–water partition coefficient (Wildman–Crippen LogP) is 2.07. The number of methoxy groups -OCH3 is 1. The van der Waals surface area contributed by atoms with E-state index in [1.165, 1.54) is 7.11 Å². The van der Waals surface area contributed by atoms with Gasteiger partial charge >= 0.3 is 17.9 Å². The van der Waals surface area contributed by atoms with E-state index in [-0.39, 0.29) is 18.3 Å². The van der Waals surface area contributed by atoms with Crippen LogP contribution in [0.15, 0.2) is 12.7 Å². The first kappa shape index (κ1) is 16.0. The van der Waals surface area contributed by atoms with Gasteiger partial charge in [0.05, 0.1) is 17.9 Å². The number of carbonyl (C=O) groups excluding carboxylic acids is 2. The normalized spacial score (nSPS) is 43.7. The van der Waals surface area contributed by atoms with Crippen molar-refractivity contribution in [1.29, 1.82) is 0 Å². The molecule has 0 spiro atoms. The summed E-state index contributed by atoms with van der Waals surface area (Å²) in [5.41, 5.74) is -3.22. The summed E-state index contributed by atoms with van der Waals surface area (Å²) in [6.45, 7) is 5.40. The van der Waals surface area contributed by atoms with Gasteiger partial charge in [-0.05, 0) is 31.1 Å². The molecule has 0 amide bonds. The number of esters is 2. The Bertz CT molecular complexity index is 612. The number of rotatable bonds is 4. The first-order valence-electron chi connectivity index (χ1n) is 7.80. The summed E-state index contributed by atoms with van der Waals surface area (Å²) in [5.74, 6) is -1.89. The van der Waals surface area contributed by atoms with Gasteiger partial charge in [-0.3, -0.25) is 9.59 Å². The van der Waals surface area contributed by atoms with Crippen LogP contribution in [0.1, 0.15) is 45.4 Å². The topological polar surface area (TPSA) is 89.9 Å². The molecule has 6 heteroatoms. The van der Waals surface area contributed by atoms with Crippen molar-refractivity contribution in [2.24, 2.45) is 16.2 Å². The molecule has 0 aromatic rings. The first-order chi connectivity index (χ1) is 10.6. The zero-order valence-electron chi connectivity index (χ0n) is 13.5. The Labute approximate surface area is 134 Å².